The van der Waals surface area contributed by atoms with Crippen LogP contribution >= 0.6 is 0 Å². The van der Waals surface area contributed by atoms with Gasteiger partial charge in [-0.3, -0.25) is 4.79 Å². The number of aromatic nitrogens is 1. The molecule has 5 aliphatic rings. The second kappa shape index (κ2) is 9.13. The Labute approximate surface area is 256 Å². The van der Waals surface area contributed by atoms with Gasteiger partial charge in [-0.05, 0) is 68.9 Å². The number of carbonyl (C=O) groups is 2. The number of ketones is 1. The fourth-order valence-corrected chi connectivity index (χ4v) is 9.57. The van der Waals surface area contributed by atoms with Gasteiger partial charge in [-0.15, -0.1) is 0 Å². The minimum absolute atomic E-state index is 0.0356. The highest BCUT2D eigenvalue weighted by Crippen LogP contribution is 2.72. The molecule has 2 aliphatic heterocycles. The molecule has 8 rings (SSSR count). The molecule has 3 heterocycles. The van der Waals surface area contributed by atoms with E-state index in [1.165, 1.54) is 10.9 Å². The van der Waals surface area contributed by atoms with Crippen molar-refractivity contribution in [3.8, 4) is 0 Å². The molecule has 1 aromatic heterocycles. The number of rotatable bonds is 5. The molecule has 2 saturated carbocycles. The van der Waals surface area contributed by atoms with Gasteiger partial charge in [0.2, 0.25) is 0 Å². The smallest absolute Gasteiger partial charge is 0.338 e. The lowest BCUT2D eigenvalue weighted by Gasteiger charge is -2.67. The van der Waals surface area contributed by atoms with Crippen LogP contribution in [0.1, 0.15) is 68.6 Å². The van der Waals surface area contributed by atoms with Crippen LogP contribution in [0.15, 0.2) is 66.2 Å². The molecule has 2 bridgehead atoms. The Kier molecular flexibility index (Phi) is 5.85. The van der Waals surface area contributed by atoms with E-state index >= 15 is 0 Å². The van der Waals surface area contributed by atoms with Gasteiger partial charge in [-0.1, -0.05) is 50.2 Å². The number of hydrogen-bond acceptors (Lipinski definition) is 7. The lowest BCUT2D eigenvalue weighted by atomic mass is 9.41. The Balaban J connectivity index is 1.19. The molecule has 1 saturated heterocycles. The predicted molar refractivity (Wildman–Crippen MR) is 162 cm³/mol. The molecule has 3 aliphatic carbocycles. The predicted octanol–water partition coefficient (Wildman–Crippen LogP) is 5.17. The maximum Gasteiger partial charge on any atom is 0.338 e. The maximum atomic E-state index is 13.5. The van der Waals surface area contributed by atoms with Gasteiger partial charge in [-0.2, -0.15) is 0 Å². The van der Waals surface area contributed by atoms with Crippen molar-refractivity contribution in [1.82, 2.24) is 4.98 Å². The first-order chi connectivity index (χ1) is 20.9. The largest absolute Gasteiger partial charge is 0.460 e. The van der Waals surface area contributed by atoms with Gasteiger partial charge in [0.05, 0.1) is 18.3 Å². The second-order valence-corrected chi connectivity index (χ2v) is 14.2. The second-order valence-electron chi connectivity index (χ2n) is 14.2. The van der Waals surface area contributed by atoms with Crippen LogP contribution < -0.4 is 0 Å². The van der Waals surface area contributed by atoms with Crippen LogP contribution in [0.4, 0.5) is 0 Å². The van der Waals surface area contributed by atoms with Crippen LogP contribution in [-0.4, -0.2) is 64.3 Å². The molecule has 230 valence electrons. The Morgan fingerprint density at radius 2 is 1.77 bits per heavy atom. The summed E-state index contributed by atoms with van der Waals surface area (Å²) < 4.78 is 25.2. The maximum absolute atomic E-state index is 13.5. The number of benzene rings is 2. The summed E-state index contributed by atoms with van der Waals surface area (Å²) >= 11 is 0. The van der Waals surface area contributed by atoms with Crippen molar-refractivity contribution in [2.45, 2.75) is 88.0 Å². The Bertz CT molecular complexity index is 1730. The first kappa shape index (κ1) is 28.2. The molecule has 44 heavy (non-hydrogen) atoms. The first-order valence-electron chi connectivity index (χ1n) is 15.8. The SMILES string of the molecule is CC1(C)OC23CC[C@]4(C)[C@@]5(C)c6[nH]c7ccccc7c6C[C@@H]5C[C@H](OCCOC(=O)c5ccccc5)[C@@]4(O)C2=CC(=O)[C@@H]1O3. The summed E-state index contributed by atoms with van der Waals surface area (Å²) in [4.78, 5) is 29.9. The van der Waals surface area contributed by atoms with Crippen LogP contribution in [0.5, 0.6) is 0 Å². The Morgan fingerprint density at radius 1 is 1.02 bits per heavy atom. The molecule has 3 fully saturated rings. The van der Waals surface area contributed by atoms with Crippen LogP contribution in [-0.2, 0) is 35.6 Å². The fourth-order valence-electron chi connectivity index (χ4n) is 9.57. The number of hydrogen-bond donors (Lipinski definition) is 2. The monoisotopic (exact) mass is 597 g/mol. The average molecular weight is 598 g/mol. The summed E-state index contributed by atoms with van der Waals surface area (Å²) in [5.74, 6) is -1.65. The third-order valence-electron chi connectivity index (χ3n) is 11.9. The van der Waals surface area contributed by atoms with Gasteiger partial charge in [0.15, 0.2) is 17.7 Å². The molecule has 7 atom stereocenters. The lowest BCUT2D eigenvalue weighted by Crippen LogP contribution is -2.74. The van der Waals surface area contributed by atoms with E-state index in [1.54, 1.807) is 30.3 Å². The highest BCUT2D eigenvalue weighted by Gasteiger charge is 2.78. The molecular formula is C36H39NO7. The third-order valence-corrected chi connectivity index (χ3v) is 11.9. The third kappa shape index (κ3) is 3.43. The van der Waals surface area contributed by atoms with Crippen molar-refractivity contribution in [3.63, 3.8) is 0 Å². The summed E-state index contributed by atoms with van der Waals surface area (Å²) in [5, 5.41) is 14.6. The van der Waals surface area contributed by atoms with Crippen molar-refractivity contribution in [2.75, 3.05) is 13.2 Å². The van der Waals surface area contributed by atoms with E-state index < -0.39 is 46.0 Å². The van der Waals surface area contributed by atoms with Gasteiger partial charge >= 0.3 is 5.97 Å². The zero-order valence-electron chi connectivity index (χ0n) is 25.6. The normalized spacial score (nSPS) is 38.0. The number of nitrogens with one attached hydrogen (secondary N) is 1. The molecule has 2 aromatic carbocycles. The van der Waals surface area contributed by atoms with Crippen LogP contribution in [0.3, 0.4) is 0 Å². The van der Waals surface area contributed by atoms with Crippen LogP contribution in [0, 0.1) is 11.3 Å². The summed E-state index contributed by atoms with van der Waals surface area (Å²) in [7, 11) is 0. The van der Waals surface area contributed by atoms with E-state index in [-0.39, 0.29) is 24.9 Å². The summed E-state index contributed by atoms with van der Waals surface area (Å²) in [6.45, 7) is 8.31. The van der Waals surface area contributed by atoms with E-state index in [0.29, 0.717) is 30.4 Å². The molecule has 0 amide bonds. The number of carbonyl (C=O) groups excluding carboxylic acids is 2. The number of fused-ring (bicyclic) bond motifs is 9. The number of aromatic amines is 1. The summed E-state index contributed by atoms with van der Waals surface area (Å²) in [5.41, 5.74) is 0.841. The minimum Gasteiger partial charge on any atom is -0.460 e. The average Bonchev–Trinajstić information content (AvgIpc) is 3.60. The van der Waals surface area contributed by atoms with Gasteiger partial charge < -0.3 is 29.0 Å². The van der Waals surface area contributed by atoms with E-state index in [1.807, 2.05) is 26.0 Å². The molecule has 2 N–H and O–H groups in total. The molecular weight excluding hydrogens is 558 g/mol. The Hall–Kier alpha value is -3.30. The van der Waals surface area contributed by atoms with Gasteiger partial charge in [0.1, 0.15) is 17.8 Å². The van der Waals surface area contributed by atoms with Crippen LogP contribution in [0.25, 0.3) is 10.9 Å². The zero-order valence-corrected chi connectivity index (χ0v) is 25.6. The van der Waals surface area contributed by atoms with E-state index in [0.717, 1.165) is 17.6 Å². The van der Waals surface area contributed by atoms with Gasteiger partial charge in [0, 0.05) is 39.4 Å². The number of H-pyrrole nitrogens is 1. The van der Waals surface area contributed by atoms with Crippen molar-refractivity contribution < 1.29 is 33.6 Å². The number of para-hydroxylation sites is 1. The quantitative estimate of drug-likeness (QED) is 0.309. The zero-order chi connectivity index (χ0) is 30.7. The molecule has 8 nitrogen and oxygen atoms in total. The van der Waals surface area contributed by atoms with Crippen molar-refractivity contribution in [1.29, 1.82) is 0 Å². The van der Waals surface area contributed by atoms with Gasteiger partial charge in [0.25, 0.3) is 0 Å². The lowest BCUT2D eigenvalue weighted by molar-refractivity contribution is -0.281. The highest BCUT2D eigenvalue weighted by molar-refractivity contribution is 5.97. The van der Waals surface area contributed by atoms with E-state index in [9.17, 15) is 14.7 Å². The molecule has 1 spiro atoms. The van der Waals surface area contributed by atoms with Gasteiger partial charge in [-0.25, -0.2) is 4.79 Å². The molecule has 0 radical (unpaired) electrons. The number of aliphatic hydroxyl groups is 1. The Morgan fingerprint density at radius 3 is 2.57 bits per heavy atom. The van der Waals surface area contributed by atoms with E-state index in [4.69, 9.17) is 18.9 Å². The fraction of sp³-hybridized carbons (Fsp3) is 0.500. The van der Waals surface area contributed by atoms with Crippen molar-refractivity contribution >= 4 is 22.7 Å². The number of esters is 1. The molecule has 1 unspecified atom stereocenters. The molecule has 8 heteroatoms. The minimum atomic E-state index is -1.60. The van der Waals surface area contributed by atoms with Crippen LogP contribution in [0.2, 0.25) is 0 Å². The topological polar surface area (TPSA) is 107 Å². The van der Waals surface area contributed by atoms with Crippen molar-refractivity contribution in [2.24, 2.45) is 11.3 Å². The first-order valence-corrected chi connectivity index (χ1v) is 15.8. The number of ether oxygens (including phenoxy) is 4. The van der Waals surface area contributed by atoms with E-state index in [2.05, 4.69) is 37.0 Å². The summed E-state index contributed by atoms with van der Waals surface area (Å²) in [6.07, 6.45) is 2.72. The van der Waals surface area contributed by atoms with Crippen molar-refractivity contribution in [3.05, 3.63) is 83.1 Å². The standard InChI is InChI=1S/C36H39NO7/c1-32(2)30-26(38)20-27-35(43-30,44-32)15-14-33(3)34(4)22(18-24-23-12-8-9-13-25(23)37-29(24)34)19-28(36(27,33)40)41-16-17-42-31(39)21-10-6-5-7-11-21/h5-13,20,22,28,30,37,40H,14-19H2,1-4H3/t22-,28+,30+,33-,34-,35?,36+/m1/s1. The highest BCUT2D eigenvalue weighted by atomic mass is 16.8. The summed E-state index contributed by atoms with van der Waals surface area (Å²) in [6, 6.07) is 17.2. The molecule has 3 aromatic rings.